The van der Waals surface area contributed by atoms with Crippen molar-refractivity contribution in [2.24, 2.45) is 0 Å². The number of anilines is 1. The summed E-state index contributed by atoms with van der Waals surface area (Å²) in [4.78, 5) is 28.4. The molecule has 3 aromatic carbocycles. The molecule has 0 aliphatic heterocycles. The average Bonchev–Trinajstić information content (AvgIpc) is 2.96. The smallest absolute Gasteiger partial charge is 0.264 e. The summed E-state index contributed by atoms with van der Waals surface area (Å²) < 4.78 is 48.1. The average molecular weight is 570 g/mol. The third-order valence-electron chi connectivity index (χ3n) is 6.48. The molecule has 0 aromatic heterocycles. The van der Waals surface area contributed by atoms with E-state index in [2.05, 4.69) is 5.32 Å². The van der Waals surface area contributed by atoms with E-state index in [9.17, 15) is 22.4 Å². The molecule has 214 valence electrons. The fourth-order valence-electron chi connectivity index (χ4n) is 4.01. The summed E-state index contributed by atoms with van der Waals surface area (Å²) in [5, 5.41) is 2.88. The largest absolute Gasteiger partial charge is 0.492 e. The van der Waals surface area contributed by atoms with Gasteiger partial charge in [-0.1, -0.05) is 49.4 Å². The van der Waals surface area contributed by atoms with Gasteiger partial charge >= 0.3 is 0 Å². The maximum absolute atomic E-state index is 14.0. The van der Waals surface area contributed by atoms with Crippen LogP contribution in [0.25, 0.3) is 0 Å². The second-order valence-corrected chi connectivity index (χ2v) is 11.2. The van der Waals surface area contributed by atoms with Crippen molar-refractivity contribution in [3.63, 3.8) is 0 Å². The zero-order valence-electron chi connectivity index (χ0n) is 23.2. The lowest BCUT2D eigenvalue weighted by molar-refractivity contribution is -0.139. The minimum atomic E-state index is -4.22. The first kappa shape index (κ1) is 30.6. The van der Waals surface area contributed by atoms with Crippen molar-refractivity contribution in [1.29, 1.82) is 0 Å². The molecule has 0 fully saturated rings. The molecule has 0 heterocycles. The highest BCUT2D eigenvalue weighted by Crippen LogP contribution is 2.32. The minimum absolute atomic E-state index is 0.00162. The lowest BCUT2D eigenvalue weighted by atomic mass is 10.1. The first-order chi connectivity index (χ1) is 19.1. The Morgan fingerprint density at radius 1 is 0.925 bits per heavy atom. The molecular weight excluding hydrogens is 533 g/mol. The van der Waals surface area contributed by atoms with Gasteiger partial charge in [-0.25, -0.2) is 12.8 Å². The Bertz CT molecular complexity index is 1380. The van der Waals surface area contributed by atoms with E-state index in [1.54, 1.807) is 56.3 Å². The minimum Gasteiger partial charge on any atom is -0.492 e. The Labute approximate surface area is 235 Å². The number of halogens is 1. The molecule has 10 heteroatoms. The number of hydrogen-bond acceptors (Lipinski definition) is 5. The van der Waals surface area contributed by atoms with Crippen LogP contribution in [0.3, 0.4) is 0 Å². The summed E-state index contributed by atoms with van der Waals surface area (Å²) >= 11 is 0. The molecule has 2 amide bonds. The number of amides is 2. The number of hydrogen-bond donors (Lipinski definition) is 1. The van der Waals surface area contributed by atoms with Gasteiger partial charge in [0.15, 0.2) is 0 Å². The quantitative estimate of drug-likeness (QED) is 0.321. The van der Waals surface area contributed by atoms with Crippen molar-refractivity contribution >= 4 is 27.5 Å². The third kappa shape index (κ3) is 7.59. The van der Waals surface area contributed by atoms with Gasteiger partial charge in [-0.15, -0.1) is 0 Å². The van der Waals surface area contributed by atoms with Crippen molar-refractivity contribution in [2.45, 2.75) is 57.6 Å². The molecule has 0 spiro atoms. The zero-order chi connectivity index (χ0) is 29.3. The molecule has 0 radical (unpaired) electrons. The normalized spacial score (nSPS) is 12.7. The van der Waals surface area contributed by atoms with Crippen LogP contribution in [0, 0.1) is 5.82 Å². The van der Waals surface area contributed by atoms with Gasteiger partial charge in [0.2, 0.25) is 11.8 Å². The van der Waals surface area contributed by atoms with Crippen LogP contribution in [-0.4, -0.2) is 50.4 Å². The molecule has 40 heavy (non-hydrogen) atoms. The predicted octanol–water partition coefficient (Wildman–Crippen LogP) is 4.75. The summed E-state index contributed by atoms with van der Waals surface area (Å²) in [5.74, 6) is -1.12. The number of nitrogens with one attached hydrogen (secondary N) is 1. The van der Waals surface area contributed by atoms with Crippen LogP contribution in [0.1, 0.15) is 39.7 Å². The molecular formula is C30H36FN3O5S. The molecule has 2 atom stereocenters. The summed E-state index contributed by atoms with van der Waals surface area (Å²) in [6.45, 7) is 6.82. The zero-order valence-corrected chi connectivity index (χ0v) is 24.0. The van der Waals surface area contributed by atoms with Crippen molar-refractivity contribution in [2.75, 3.05) is 17.5 Å². The van der Waals surface area contributed by atoms with Crippen molar-refractivity contribution in [3.05, 3.63) is 90.2 Å². The predicted molar refractivity (Wildman–Crippen MR) is 153 cm³/mol. The van der Waals surface area contributed by atoms with Crippen LogP contribution in [0.4, 0.5) is 10.1 Å². The summed E-state index contributed by atoms with van der Waals surface area (Å²) in [6.07, 6.45) is 0.696. The van der Waals surface area contributed by atoms with E-state index in [4.69, 9.17) is 4.74 Å². The second-order valence-electron chi connectivity index (χ2n) is 9.37. The molecule has 3 aromatic rings. The standard InChI is InChI=1S/C30H36FN3O5S/c1-5-22(3)32-30(36)23(4)33(20-24-16-18-25(31)19-17-24)29(35)21-34(27-14-10-11-15-28(27)39-6-2)40(37,38)26-12-8-7-9-13-26/h7-19,22-23H,5-6,20-21H2,1-4H3,(H,32,36). The van der Waals surface area contributed by atoms with E-state index < -0.39 is 34.3 Å². The van der Waals surface area contributed by atoms with Crippen LogP contribution in [-0.2, 0) is 26.2 Å². The molecule has 0 saturated carbocycles. The van der Waals surface area contributed by atoms with E-state index >= 15 is 0 Å². The molecule has 0 bridgehead atoms. The van der Waals surface area contributed by atoms with E-state index in [0.29, 0.717) is 17.7 Å². The van der Waals surface area contributed by atoms with Crippen LogP contribution in [0.2, 0.25) is 0 Å². The van der Waals surface area contributed by atoms with E-state index in [0.717, 1.165) is 4.31 Å². The van der Waals surface area contributed by atoms with E-state index in [1.807, 2.05) is 13.8 Å². The van der Waals surface area contributed by atoms with Crippen molar-refractivity contribution < 1.29 is 27.1 Å². The molecule has 2 unspecified atom stereocenters. The molecule has 0 aliphatic carbocycles. The highest BCUT2D eigenvalue weighted by atomic mass is 32.2. The van der Waals surface area contributed by atoms with Gasteiger partial charge in [0.05, 0.1) is 17.2 Å². The second kappa shape index (κ2) is 13.9. The number of rotatable bonds is 13. The van der Waals surface area contributed by atoms with Gasteiger partial charge in [0.1, 0.15) is 24.2 Å². The first-order valence-corrected chi connectivity index (χ1v) is 14.7. The van der Waals surface area contributed by atoms with Crippen LogP contribution in [0.15, 0.2) is 83.8 Å². The maximum atomic E-state index is 14.0. The first-order valence-electron chi connectivity index (χ1n) is 13.2. The summed E-state index contributed by atoms with van der Waals surface area (Å²) in [5.41, 5.74) is 0.783. The van der Waals surface area contributed by atoms with Crippen LogP contribution < -0.4 is 14.4 Å². The van der Waals surface area contributed by atoms with E-state index in [1.165, 1.54) is 41.3 Å². The number of carbonyl (C=O) groups excluding carboxylic acids is 2. The number of nitrogens with zero attached hydrogens (tertiary/aromatic N) is 2. The molecule has 0 saturated heterocycles. The number of carbonyl (C=O) groups is 2. The fraction of sp³-hybridized carbons (Fsp3) is 0.333. The number of ether oxygens (including phenoxy) is 1. The van der Waals surface area contributed by atoms with E-state index in [-0.39, 0.29) is 35.7 Å². The van der Waals surface area contributed by atoms with Crippen molar-refractivity contribution in [1.82, 2.24) is 10.2 Å². The topological polar surface area (TPSA) is 96.0 Å². The fourth-order valence-corrected chi connectivity index (χ4v) is 5.45. The van der Waals surface area contributed by atoms with Crippen LogP contribution in [0.5, 0.6) is 5.75 Å². The third-order valence-corrected chi connectivity index (χ3v) is 8.25. The van der Waals surface area contributed by atoms with Gasteiger partial charge in [-0.3, -0.25) is 13.9 Å². The molecule has 3 rings (SSSR count). The van der Waals surface area contributed by atoms with Crippen LogP contribution >= 0.6 is 0 Å². The van der Waals surface area contributed by atoms with Gasteiger partial charge in [-0.2, -0.15) is 0 Å². The number of benzene rings is 3. The highest BCUT2D eigenvalue weighted by Gasteiger charge is 2.34. The van der Waals surface area contributed by atoms with Gasteiger partial charge in [0, 0.05) is 12.6 Å². The summed E-state index contributed by atoms with van der Waals surface area (Å²) in [7, 11) is -4.22. The lowest BCUT2D eigenvalue weighted by Gasteiger charge is -2.32. The summed E-state index contributed by atoms with van der Waals surface area (Å²) in [6, 6.07) is 18.9. The van der Waals surface area contributed by atoms with Gasteiger partial charge < -0.3 is 15.0 Å². The molecule has 0 aliphatic rings. The highest BCUT2D eigenvalue weighted by molar-refractivity contribution is 7.92. The Hall–Kier alpha value is -3.92. The van der Waals surface area contributed by atoms with Crippen molar-refractivity contribution in [3.8, 4) is 5.75 Å². The Morgan fingerprint density at radius 3 is 2.17 bits per heavy atom. The molecule has 8 nitrogen and oxygen atoms in total. The lowest BCUT2D eigenvalue weighted by Crippen LogP contribution is -2.52. The van der Waals surface area contributed by atoms with Gasteiger partial charge in [-0.05, 0) is 69.2 Å². The Balaban J connectivity index is 2.06. The maximum Gasteiger partial charge on any atom is 0.264 e. The Morgan fingerprint density at radius 2 is 1.55 bits per heavy atom. The monoisotopic (exact) mass is 569 g/mol. The molecule has 1 N–H and O–H groups in total. The Kier molecular flexibility index (Phi) is 10.7. The van der Waals surface area contributed by atoms with Gasteiger partial charge in [0.25, 0.3) is 10.0 Å². The SMILES string of the molecule is CCOc1ccccc1N(CC(=O)N(Cc1ccc(F)cc1)C(C)C(=O)NC(C)CC)S(=O)(=O)c1ccccc1. The number of sulfonamides is 1. The number of para-hydroxylation sites is 2.